The number of unbranched alkanes of at least 4 members (excludes halogenated alkanes) is 25. The van der Waals surface area contributed by atoms with E-state index < -0.39 is 12.1 Å². The van der Waals surface area contributed by atoms with Gasteiger partial charge < -0.3 is 20.3 Å². The lowest BCUT2D eigenvalue weighted by atomic mass is 10.0. The van der Waals surface area contributed by atoms with E-state index in [1.165, 1.54) is 135 Å². The first-order chi connectivity index (χ1) is 28.5. The Morgan fingerprint density at radius 1 is 0.483 bits per heavy atom. The van der Waals surface area contributed by atoms with Gasteiger partial charge in [-0.15, -0.1) is 0 Å². The van der Waals surface area contributed by atoms with E-state index in [2.05, 4.69) is 61.7 Å². The van der Waals surface area contributed by atoms with Crippen molar-refractivity contribution in [2.24, 2.45) is 0 Å². The van der Waals surface area contributed by atoms with E-state index in [0.29, 0.717) is 25.9 Å². The van der Waals surface area contributed by atoms with Gasteiger partial charge in [0.05, 0.1) is 25.4 Å². The van der Waals surface area contributed by atoms with Crippen molar-refractivity contribution in [3.8, 4) is 0 Å². The molecule has 0 aliphatic heterocycles. The van der Waals surface area contributed by atoms with Crippen LogP contribution in [0.1, 0.15) is 232 Å². The lowest BCUT2D eigenvalue weighted by Gasteiger charge is -2.19. The number of ether oxygens (including phenoxy) is 1. The van der Waals surface area contributed by atoms with Gasteiger partial charge in [-0.05, 0) is 77.0 Å². The Labute approximate surface area is 358 Å². The van der Waals surface area contributed by atoms with Crippen LogP contribution in [-0.2, 0) is 14.3 Å². The molecule has 0 aliphatic rings. The summed E-state index contributed by atoms with van der Waals surface area (Å²) < 4.78 is 5.43. The fourth-order valence-electron chi connectivity index (χ4n) is 6.95. The maximum Gasteiger partial charge on any atom is 0.305 e. The van der Waals surface area contributed by atoms with E-state index in [1.807, 2.05) is 12.2 Å². The zero-order chi connectivity index (χ0) is 42.3. The number of hydrogen-bond donors (Lipinski definition) is 3. The normalized spacial score (nSPS) is 13.2. The molecule has 0 spiro atoms. The predicted octanol–water partition coefficient (Wildman–Crippen LogP) is 14.5. The van der Waals surface area contributed by atoms with Crippen molar-refractivity contribution >= 4 is 11.9 Å². The third-order valence-electron chi connectivity index (χ3n) is 10.7. The lowest BCUT2D eigenvalue weighted by molar-refractivity contribution is -0.143. The molecule has 0 bridgehead atoms. The molecular formula is C52H93NO5. The van der Waals surface area contributed by atoms with Gasteiger partial charge in [0, 0.05) is 12.8 Å². The highest BCUT2D eigenvalue weighted by Gasteiger charge is 2.17. The zero-order valence-electron chi connectivity index (χ0n) is 38.0. The van der Waals surface area contributed by atoms with Crippen molar-refractivity contribution in [2.45, 2.75) is 244 Å². The van der Waals surface area contributed by atoms with E-state index in [9.17, 15) is 19.8 Å². The standard InChI is InChI=1S/C52H93NO5/c1-3-5-7-9-11-13-15-17-18-21-24-28-32-36-40-44-50(55)49(48-54)53-51(56)45-41-37-33-29-25-22-19-23-27-31-35-39-43-47-58-52(57)46-42-38-34-30-26-20-16-14-12-10-8-6-4-2/h8,10,14,16,22,25,33,37,40,44,49-50,54-55H,3-7,9,11-13,15,17-21,23-24,26-32,34-36,38-39,41-43,45-48H2,1-2H3,(H,53,56)/b10-8-,16-14-,25-22-,37-33-,44-40+. The molecule has 0 heterocycles. The average molecular weight is 812 g/mol. The molecule has 2 atom stereocenters. The number of aliphatic hydroxyl groups excluding tert-OH is 2. The van der Waals surface area contributed by atoms with Crippen LogP contribution in [0.5, 0.6) is 0 Å². The molecule has 6 heteroatoms. The Morgan fingerprint density at radius 2 is 0.914 bits per heavy atom. The van der Waals surface area contributed by atoms with Crippen molar-refractivity contribution in [2.75, 3.05) is 13.2 Å². The number of amides is 1. The van der Waals surface area contributed by atoms with E-state index in [0.717, 1.165) is 64.2 Å². The molecule has 6 nitrogen and oxygen atoms in total. The van der Waals surface area contributed by atoms with Gasteiger partial charge in [0.25, 0.3) is 0 Å². The molecule has 0 rings (SSSR count). The largest absolute Gasteiger partial charge is 0.466 e. The van der Waals surface area contributed by atoms with Crippen LogP contribution in [0.15, 0.2) is 60.8 Å². The number of esters is 1. The Kier molecular flexibility index (Phi) is 45.3. The minimum Gasteiger partial charge on any atom is -0.466 e. The molecule has 336 valence electrons. The zero-order valence-corrected chi connectivity index (χ0v) is 38.0. The van der Waals surface area contributed by atoms with Gasteiger partial charge in [-0.3, -0.25) is 9.59 Å². The quantitative estimate of drug-likeness (QED) is 0.0323. The fourth-order valence-corrected chi connectivity index (χ4v) is 6.95. The van der Waals surface area contributed by atoms with Crippen molar-refractivity contribution in [1.29, 1.82) is 0 Å². The summed E-state index contributed by atoms with van der Waals surface area (Å²) in [6, 6.07) is -0.673. The SMILES string of the molecule is CCC/C=C\C/C=C\CCCCCCCC(=O)OCCCCCCCC/C=C\C/C=C\CCC(=O)NC(CO)C(O)/C=C/CCCCCCCCCCCCCCC. The third-order valence-corrected chi connectivity index (χ3v) is 10.7. The molecule has 0 saturated carbocycles. The molecule has 1 amide bonds. The van der Waals surface area contributed by atoms with Crippen molar-refractivity contribution in [1.82, 2.24) is 5.32 Å². The number of nitrogens with one attached hydrogen (secondary N) is 1. The van der Waals surface area contributed by atoms with Crippen molar-refractivity contribution < 1.29 is 24.5 Å². The van der Waals surface area contributed by atoms with Crippen LogP contribution in [0.2, 0.25) is 0 Å². The van der Waals surface area contributed by atoms with Gasteiger partial charge in [-0.2, -0.15) is 0 Å². The summed E-state index contributed by atoms with van der Waals surface area (Å²) >= 11 is 0. The molecular weight excluding hydrogens is 719 g/mol. The summed E-state index contributed by atoms with van der Waals surface area (Å²) in [4.78, 5) is 24.4. The predicted molar refractivity (Wildman–Crippen MR) is 250 cm³/mol. The number of hydrogen-bond acceptors (Lipinski definition) is 5. The number of carbonyl (C=O) groups is 2. The Bertz CT molecular complexity index is 1030. The van der Waals surface area contributed by atoms with E-state index in [1.54, 1.807) is 6.08 Å². The highest BCUT2D eigenvalue weighted by Crippen LogP contribution is 2.14. The summed E-state index contributed by atoms with van der Waals surface area (Å²) in [7, 11) is 0. The summed E-state index contributed by atoms with van der Waals surface area (Å²) in [5.74, 6) is -0.186. The molecule has 0 saturated heterocycles. The van der Waals surface area contributed by atoms with Crippen LogP contribution in [0.3, 0.4) is 0 Å². The number of aliphatic hydroxyl groups is 2. The highest BCUT2D eigenvalue weighted by molar-refractivity contribution is 5.76. The molecule has 58 heavy (non-hydrogen) atoms. The molecule has 0 aromatic heterocycles. The molecule has 3 N–H and O–H groups in total. The van der Waals surface area contributed by atoms with Crippen molar-refractivity contribution in [3.63, 3.8) is 0 Å². The number of allylic oxidation sites excluding steroid dienone is 9. The van der Waals surface area contributed by atoms with Crippen LogP contribution in [0.4, 0.5) is 0 Å². The maximum absolute atomic E-state index is 12.4. The first-order valence-corrected chi connectivity index (χ1v) is 24.6. The van der Waals surface area contributed by atoms with Gasteiger partial charge in [0.15, 0.2) is 0 Å². The van der Waals surface area contributed by atoms with Crippen molar-refractivity contribution in [3.05, 3.63) is 60.8 Å². The third kappa shape index (κ3) is 43.1. The van der Waals surface area contributed by atoms with Crippen LogP contribution in [0.25, 0.3) is 0 Å². The average Bonchev–Trinajstić information content (AvgIpc) is 3.22. The second-order valence-corrected chi connectivity index (χ2v) is 16.4. The molecule has 0 fully saturated rings. The summed E-state index contributed by atoms with van der Waals surface area (Å²) in [5.41, 5.74) is 0. The molecule has 0 radical (unpaired) electrons. The van der Waals surface area contributed by atoms with Gasteiger partial charge in [0.2, 0.25) is 5.91 Å². The fraction of sp³-hybridized carbons (Fsp3) is 0.769. The van der Waals surface area contributed by atoms with E-state index in [4.69, 9.17) is 4.74 Å². The van der Waals surface area contributed by atoms with E-state index >= 15 is 0 Å². The van der Waals surface area contributed by atoms with Crippen LogP contribution < -0.4 is 5.32 Å². The second kappa shape index (κ2) is 47.2. The molecule has 2 unspecified atom stereocenters. The van der Waals surface area contributed by atoms with E-state index in [-0.39, 0.29) is 18.5 Å². The molecule has 0 aliphatic carbocycles. The Hall–Kier alpha value is -2.44. The van der Waals surface area contributed by atoms with Crippen LogP contribution in [-0.4, -0.2) is 47.4 Å². The first-order valence-electron chi connectivity index (χ1n) is 24.6. The Morgan fingerprint density at radius 3 is 1.41 bits per heavy atom. The smallest absolute Gasteiger partial charge is 0.305 e. The topological polar surface area (TPSA) is 95.9 Å². The number of carbonyl (C=O) groups excluding carboxylic acids is 2. The van der Waals surface area contributed by atoms with Crippen LogP contribution >= 0.6 is 0 Å². The first kappa shape index (κ1) is 55.6. The lowest BCUT2D eigenvalue weighted by Crippen LogP contribution is -2.45. The van der Waals surface area contributed by atoms with Gasteiger partial charge >= 0.3 is 5.97 Å². The summed E-state index contributed by atoms with van der Waals surface area (Å²) in [6.07, 6.45) is 59.4. The minimum absolute atomic E-state index is 0.0352. The van der Waals surface area contributed by atoms with Gasteiger partial charge in [-0.25, -0.2) is 0 Å². The maximum atomic E-state index is 12.4. The molecule has 0 aromatic rings. The number of rotatable bonds is 44. The Balaban J connectivity index is 3.62. The van der Waals surface area contributed by atoms with Crippen LogP contribution in [0, 0.1) is 0 Å². The molecule has 0 aromatic carbocycles. The van der Waals surface area contributed by atoms with Gasteiger partial charge in [0.1, 0.15) is 0 Å². The minimum atomic E-state index is -0.880. The summed E-state index contributed by atoms with van der Waals surface area (Å²) in [5, 5.41) is 23.0. The van der Waals surface area contributed by atoms with Gasteiger partial charge in [-0.1, -0.05) is 203 Å². The summed E-state index contributed by atoms with van der Waals surface area (Å²) in [6.45, 7) is 4.75. The monoisotopic (exact) mass is 812 g/mol. The highest BCUT2D eigenvalue weighted by atomic mass is 16.5. The second-order valence-electron chi connectivity index (χ2n) is 16.4.